The molecule has 3 atom stereocenters. The highest BCUT2D eigenvalue weighted by atomic mass is 32.2. The molecule has 1 N–H and O–H groups in total. The Morgan fingerprint density at radius 3 is 2.85 bits per heavy atom. The second-order valence-electron chi connectivity index (χ2n) is 4.02. The average molecular weight is 202 g/mol. The van der Waals surface area contributed by atoms with Crippen LogP contribution in [0.5, 0.6) is 0 Å². The molecule has 0 saturated carbocycles. The Morgan fingerprint density at radius 1 is 1.31 bits per heavy atom. The summed E-state index contributed by atoms with van der Waals surface area (Å²) in [6.07, 6.45) is 4.63. The van der Waals surface area contributed by atoms with Gasteiger partial charge in [-0.15, -0.1) is 0 Å². The summed E-state index contributed by atoms with van der Waals surface area (Å²) in [4.78, 5) is 0. The molecule has 2 aliphatic heterocycles. The van der Waals surface area contributed by atoms with Gasteiger partial charge in [0.25, 0.3) is 0 Å². The van der Waals surface area contributed by atoms with Crippen LogP contribution in [-0.2, 0) is 4.74 Å². The first-order valence-electron chi connectivity index (χ1n) is 5.25. The number of aliphatic hydroxyl groups excluding tert-OH is 1. The number of hydrogen-bond acceptors (Lipinski definition) is 3. The highest BCUT2D eigenvalue weighted by Gasteiger charge is 2.31. The SMILES string of the molecule is OC(C1CCCOC1)C1CCCS1. The first kappa shape index (κ1) is 9.81. The van der Waals surface area contributed by atoms with Crippen LogP contribution in [0.2, 0.25) is 0 Å². The van der Waals surface area contributed by atoms with Gasteiger partial charge in [0.15, 0.2) is 0 Å². The normalized spacial score (nSPS) is 37.6. The van der Waals surface area contributed by atoms with Crippen LogP contribution in [0.4, 0.5) is 0 Å². The Balaban J connectivity index is 1.83. The lowest BCUT2D eigenvalue weighted by Crippen LogP contribution is -2.35. The van der Waals surface area contributed by atoms with Gasteiger partial charge in [-0.25, -0.2) is 0 Å². The fourth-order valence-electron chi connectivity index (χ4n) is 2.21. The molecular weight excluding hydrogens is 184 g/mol. The van der Waals surface area contributed by atoms with E-state index in [4.69, 9.17) is 4.74 Å². The smallest absolute Gasteiger partial charge is 0.0708 e. The molecule has 2 saturated heterocycles. The third-order valence-electron chi connectivity index (χ3n) is 3.02. The van der Waals surface area contributed by atoms with Crippen molar-refractivity contribution in [1.29, 1.82) is 0 Å². The maximum Gasteiger partial charge on any atom is 0.0708 e. The monoisotopic (exact) mass is 202 g/mol. The van der Waals surface area contributed by atoms with Gasteiger partial charge in [0.05, 0.1) is 12.7 Å². The number of aliphatic hydroxyl groups is 1. The molecule has 13 heavy (non-hydrogen) atoms. The minimum absolute atomic E-state index is 0.118. The molecule has 0 aliphatic carbocycles. The van der Waals surface area contributed by atoms with Crippen LogP contribution < -0.4 is 0 Å². The molecule has 0 radical (unpaired) electrons. The number of hydrogen-bond donors (Lipinski definition) is 1. The van der Waals surface area contributed by atoms with Gasteiger partial charge in [-0.05, 0) is 31.4 Å². The molecule has 0 bridgehead atoms. The molecule has 0 aromatic carbocycles. The summed E-state index contributed by atoms with van der Waals surface area (Å²) in [6.45, 7) is 1.67. The highest BCUT2D eigenvalue weighted by molar-refractivity contribution is 8.00. The van der Waals surface area contributed by atoms with Gasteiger partial charge in [-0.2, -0.15) is 11.8 Å². The van der Waals surface area contributed by atoms with Crippen LogP contribution in [0.25, 0.3) is 0 Å². The second-order valence-corrected chi connectivity index (χ2v) is 5.37. The molecule has 0 amide bonds. The van der Waals surface area contributed by atoms with E-state index in [9.17, 15) is 5.11 Å². The number of thioether (sulfide) groups is 1. The maximum atomic E-state index is 10.1. The Hall–Kier alpha value is 0.270. The van der Waals surface area contributed by atoms with E-state index in [1.54, 1.807) is 0 Å². The van der Waals surface area contributed by atoms with Gasteiger partial charge in [0.2, 0.25) is 0 Å². The van der Waals surface area contributed by atoms with Crippen molar-refractivity contribution in [3.8, 4) is 0 Å². The van der Waals surface area contributed by atoms with E-state index in [-0.39, 0.29) is 6.10 Å². The van der Waals surface area contributed by atoms with Gasteiger partial charge < -0.3 is 9.84 Å². The summed E-state index contributed by atoms with van der Waals surface area (Å²) < 4.78 is 5.39. The fraction of sp³-hybridized carbons (Fsp3) is 1.00. The lowest BCUT2D eigenvalue weighted by Gasteiger charge is -2.29. The zero-order valence-corrected chi connectivity index (χ0v) is 8.76. The van der Waals surface area contributed by atoms with E-state index < -0.39 is 0 Å². The van der Waals surface area contributed by atoms with Crippen molar-refractivity contribution in [3.05, 3.63) is 0 Å². The Kier molecular flexibility index (Phi) is 3.52. The Labute approximate surface area is 84.0 Å². The molecule has 2 nitrogen and oxygen atoms in total. The molecule has 2 fully saturated rings. The van der Waals surface area contributed by atoms with Crippen molar-refractivity contribution >= 4 is 11.8 Å². The predicted molar refractivity (Wildman–Crippen MR) is 55.0 cm³/mol. The Bertz CT molecular complexity index is 151. The van der Waals surface area contributed by atoms with Crippen LogP contribution in [-0.4, -0.2) is 35.4 Å². The zero-order valence-electron chi connectivity index (χ0n) is 7.95. The Morgan fingerprint density at radius 2 is 2.23 bits per heavy atom. The molecule has 0 aromatic heterocycles. The molecular formula is C10H18O2S. The van der Waals surface area contributed by atoms with Crippen molar-refractivity contribution in [1.82, 2.24) is 0 Å². The first-order valence-corrected chi connectivity index (χ1v) is 6.30. The molecule has 3 unspecified atom stereocenters. The van der Waals surface area contributed by atoms with E-state index in [0.717, 1.165) is 26.1 Å². The quantitative estimate of drug-likeness (QED) is 0.738. The number of ether oxygens (including phenoxy) is 1. The van der Waals surface area contributed by atoms with Crippen molar-refractivity contribution < 1.29 is 9.84 Å². The van der Waals surface area contributed by atoms with Crippen molar-refractivity contribution in [2.24, 2.45) is 5.92 Å². The fourth-order valence-corrected chi connectivity index (χ4v) is 3.60. The topological polar surface area (TPSA) is 29.5 Å². The predicted octanol–water partition coefficient (Wildman–Crippen LogP) is 1.67. The highest BCUT2D eigenvalue weighted by Crippen LogP contribution is 2.33. The summed E-state index contributed by atoms with van der Waals surface area (Å²) in [6, 6.07) is 0. The summed E-state index contributed by atoms with van der Waals surface area (Å²) in [5.41, 5.74) is 0. The first-order chi connectivity index (χ1) is 6.38. The maximum absolute atomic E-state index is 10.1. The standard InChI is InChI=1S/C10H18O2S/c11-10(9-4-2-6-13-9)8-3-1-5-12-7-8/h8-11H,1-7H2. The van der Waals surface area contributed by atoms with Crippen LogP contribution >= 0.6 is 11.8 Å². The summed E-state index contributed by atoms with van der Waals surface area (Å²) >= 11 is 1.94. The van der Waals surface area contributed by atoms with Crippen molar-refractivity contribution in [3.63, 3.8) is 0 Å². The molecule has 76 valence electrons. The third-order valence-corrected chi connectivity index (χ3v) is 4.49. The molecule has 3 heteroatoms. The molecule has 0 aromatic rings. The van der Waals surface area contributed by atoms with Crippen molar-refractivity contribution in [2.75, 3.05) is 19.0 Å². The van der Waals surface area contributed by atoms with Crippen molar-refractivity contribution in [2.45, 2.75) is 37.0 Å². The second kappa shape index (κ2) is 4.67. The average Bonchev–Trinajstić information content (AvgIpc) is 2.71. The van der Waals surface area contributed by atoms with Gasteiger partial charge in [-0.1, -0.05) is 0 Å². The zero-order chi connectivity index (χ0) is 9.10. The minimum Gasteiger partial charge on any atom is -0.392 e. The van der Waals surface area contributed by atoms with Gasteiger partial charge >= 0.3 is 0 Å². The lowest BCUT2D eigenvalue weighted by molar-refractivity contribution is -0.00946. The van der Waals surface area contributed by atoms with Gasteiger partial charge in [0, 0.05) is 17.8 Å². The summed E-state index contributed by atoms with van der Waals surface area (Å²) in [5.74, 6) is 1.64. The van der Waals surface area contributed by atoms with Crippen LogP contribution in [0.1, 0.15) is 25.7 Å². The third kappa shape index (κ3) is 2.39. The van der Waals surface area contributed by atoms with Gasteiger partial charge in [0.1, 0.15) is 0 Å². The van der Waals surface area contributed by atoms with E-state index in [2.05, 4.69) is 0 Å². The lowest BCUT2D eigenvalue weighted by atomic mass is 9.92. The summed E-state index contributed by atoms with van der Waals surface area (Å²) in [7, 11) is 0. The van der Waals surface area contributed by atoms with Crippen LogP contribution in [0.3, 0.4) is 0 Å². The molecule has 2 heterocycles. The van der Waals surface area contributed by atoms with E-state index in [1.165, 1.54) is 18.6 Å². The van der Waals surface area contributed by atoms with Crippen LogP contribution in [0.15, 0.2) is 0 Å². The van der Waals surface area contributed by atoms with E-state index >= 15 is 0 Å². The van der Waals surface area contributed by atoms with Crippen LogP contribution in [0, 0.1) is 5.92 Å². The molecule has 2 aliphatic rings. The summed E-state index contributed by atoms with van der Waals surface area (Å²) in [5, 5.41) is 10.6. The molecule has 2 rings (SSSR count). The van der Waals surface area contributed by atoms with E-state index in [0.29, 0.717) is 11.2 Å². The molecule has 0 spiro atoms. The largest absolute Gasteiger partial charge is 0.392 e. The van der Waals surface area contributed by atoms with E-state index in [1.807, 2.05) is 11.8 Å². The van der Waals surface area contributed by atoms with Gasteiger partial charge in [-0.3, -0.25) is 0 Å². The minimum atomic E-state index is -0.118. The number of rotatable bonds is 2.